The third kappa shape index (κ3) is 5.30. The highest BCUT2D eigenvalue weighted by Gasteiger charge is 1.96. The summed E-state index contributed by atoms with van der Waals surface area (Å²) in [4.78, 5) is 10.6. The maximum atomic E-state index is 10.6. The van der Waals surface area contributed by atoms with Crippen LogP contribution in [0.1, 0.15) is 13.8 Å². The summed E-state index contributed by atoms with van der Waals surface area (Å²) in [5.74, 6) is -0.470. The van der Waals surface area contributed by atoms with Crippen LogP contribution in [0.4, 0.5) is 0 Å². The second kappa shape index (κ2) is 6.23. The second-order valence-corrected chi connectivity index (χ2v) is 1.96. The molecule has 0 spiro atoms. The average Bonchev–Trinajstić information content (AvgIpc) is 2.04. The van der Waals surface area contributed by atoms with Crippen LogP contribution in [0.5, 0.6) is 0 Å². The standard InChI is InChI=1S/C8H11NO3/c1-3-11-8(10)4-5-12-7(2)6-9/h4-5,7H,3H2,1-2H3. The van der Waals surface area contributed by atoms with Crippen molar-refractivity contribution in [3.63, 3.8) is 0 Å². The maximum absolute atomic E-state index is 10.6. The molecule has 0 radical (unpaired) electrons. The van der Waals surface area contributed by atoms with Crippen LogP contribution in [0.25, 0.3) is 0 Å². The van der Waals surface area contributed by atoms with Gasteiger partial charge in [-0.15, -0.1) is 0 Å². The van der Waals surface area contributed by atoms with Crippen molar-refractivity contribution in [1.82, 2.24) is 0 Å². The molecule has 0 heterocycles. The van der Waals surface area contributed by atoms with E-state index in [2.05, 4.69) is 4.74 Å². The van der Waals surface area contributed by atoms with Crippen LogP contribution in [0.15, 0.2) is 12.3 Å². The molecule has 0 aliphatic rings. The summed E-state index contributed by atoms with van der Waals surface area (Å²) in [5.41, 5.74) is 0. The van der Waals surface area contributed by atoms with Gasteiger partial charge in [0.1, 0.15) is 6.07 Å². The van der Waals surface area contributed by atoms with Gasteiger partial charge in [-0.3, -0.25) is 0 Å². The van der Waals surface area contributed by atoms with Crippen molar-refractivity contribution in [2.45, 2.75) is 20.0 Å². The molecule has 0 aromatic heterocycles. The Balaban J connectivity index is 3.63. The number of nitrogens with zero attached hydrogens (tertiary/aromatic N) is 1. The van der Waals surface area contributed by atoms with Gasteiger partial charge in [0.05, 0.1) is 18.9 Å². The van der Waals surface area contributed by atoms with Gasteiger partial charge in [-0.1, -0.05) is 0 Å². The summed E-state index contributed by atoms with van der Waals surface area (Å²) < 4.78 is 9.33. The third-order valence-corrected chi connectivity index (χ3v) is 0.955. The number of hydrogen-bond acceptors (Lipinski definition) is 4. The van der Waals surface area contributed by atoms with Crippen LogP contribution in [0.2, 0.25) is 0 Å². The molecule has 0 amide bonds. The van der Waals surface area contributed by atoms with Gasteiger partial charge in [0.2, 0.25) is 0 Å². The van der Waals surface area contributed by atoms with E-state index in [1.807, 2.05) is 6.07 Å². The fourth-order valence-corrected chi connectivity index (χ4v) is 0.433. The van der Waals surface area contributed by atoms with Crippen molar-refractivity contribution in [3.05, 3.63) is 12.3 Å². The Hall–Kier alpha value is -1.50. The van der Waals surface area contributed by atoms with Gasteiger partial charge in [0.25, 0.3) is 0 Å². The topological polar surface area (TPSA) is 59.3 Å². The molecule has 0 aromatic rings. The number of esters is 1. The lowest BCUT2D eigenvalue weighted by Crippen LogP contribution is -2.02. The van der Waals surface area contributed by atoms with E-state index >= 15 is 0 Å². The average molecular weight is 169 g/mol. The Bertz CT molecular complexity index is 205. The number of ether oxygens (including phenoxy) is 2. The third-order valence-electron chi connectivity index (χ3n) is 0.955. The highest BCUT2D eigenvalue weighted by molar-refractivity contribution is 5.81. The minimum atomic E-state index is -0.546. The molecule has 0 fully saturated rings. The molecule has 0 aromatic carbocycles. The summed E-state index contributed by atoms with van der Waals surface area (Å²) >= 11 is 0. The predicted octanol–water partition coefficient (Wildman–Crippen LogP) is 0.992. The van der Waals surface area contributed by atoms with Gasteiger partial charge in [-0.25, -0.2) is 4.79 Å². The molecule has 0 N–H and O–H groups in total. The Morgan fingerprint density at radius 3 is 2.92 bits per heavy atom. The molecule has 1 atom stereocenters. The molecule has 0 bridgehead atoms. The fourth-order valence-electron chi connectivity index (χ4n) is 0.433. The molecule has 4 heteroatoms. The zero-order valence-electron chi connectivity index (χ0n) is 7.11. The van der Waals surface area contributed by atoms with Crippen LogP contribution in [-0.2, 0) is 14.3 Å². The lowest BCUT2D eigenvalue weighted by Gasteiger charge is -1.99. The van der Waals surface area contributed by atoms with Gasteiger partial charge in [-0.05, 0) is 13.8 Å². The largest absolute Gasteiger partial charge is 0.483 e. The van der Waals surface area contributed by atoms with Crippen LogP contribution in [0, 0.1) is 11.3 Å². The van der Waals surface area contributed by atoms with Crippen molar-refractivity contribution >= 4 is 5.97 Å². The summed E-state index contributed by atoms with van der Waals surface area (Å²) in [6.07, 6.45) is 1.75. The molecule has 0 saturated carbocycles. The number of hydrogen-bond donors (Lipinski definition) is 0. The smallest absolute Gasteiger partial charge is 0.333 e. The normalized spacial score (nSPS) is 12.1. The van der Waals surface area contributed by atoms with Gasteiger partial charge in [0.15, 0.2) is 6.10 Å². The number of carbonyl (C=O) groups is 1. The van der Waals surface area contributed by atoms with Crippen molar-refractivity contribution in [2.75, 3.05) is 6.61 Å². The molecule has 4 nitrogen and oxygen atoms in total. The summed E-state index contributed by atoms with van der Waals surface area (Å²) in [6.45, 7) is 3.62. The molecule has 0 rings (SSSR count). The number of nitriles is 1. The van der Waals surface area contributed by atoms with Crippen LogP contribution >= 0.6 is 0 Å². The van der Waals surface area contributed by atoms with Crippen LogP contribution in [0.3, 0.4) is 0 Å². The number of rotatable bonds is 4. The molecule has 0 saturated heterocycles. The van der Waals surface area contributed by atoms with Gasteiger partial charge < -0.3 is 9.47 Å². The Morgan fingerprint density at radius 2 is 2.42 bits per heavy atom. The highest BCUT2D eigenvalue weighted by atomic mass is 16.5. The first-order valence-electron chi connectivity index (χ1n) is 3.59. The van der Waals surface area contributed by atoms with Crippen molar-refractivity contribution in [3.8, 4) is 6.07 Å². The lowest BCUT2D eigenvalue weighted by atomic mass is 10.5. The van der Waals surface area contributed by atoms with Gasteiger partial charge in [0, 0.05) is 0 Å². The minimum Gasteiger partial charge on any atom is -0.483 e. The lowest BCUT2D eigenvalue weighted by molar-refractivity contribution is -0.137. The van der Waals surface area contributed by atoms with E-state index in [4.69, 9.17) is 10.00 Å². The number of carbonyl (C=O) groups excluding carboxylic acids is 1. The van der Waals surface area contributed by atoms with E-state index in [9.17, 15) is 4.79 Å². The Morgan fingerprint density at radius 1 is 1.75 bits per heavy atom. The van der Waals surface area contributed by atoms with E-state index in [-0.39, 0.29) is 0 Å². The first kappa shape index (κ1) is 10.5. The molecule has 1 unspecified atom stereocenters. The summed E-state index contributed by atoms with van der Waals surface area (Å²) in [6, 6.07) is 1.85. The van der Waals surface area contributed by atoms with E-state index in [1.165, 1.54) is 0 Å². The quantitative estimate of drug-likeness (QED) is 0.357. The maximum Gasteiger partial charge on any atom is 0.333 e. The minimum absolute atomic E-state index is 0.330. The molecule has 0 aliphatic carbocycles. The Kier molecular flexibility index (Phi) is 5.45. The first-order valence-corrected chi connectivity index (χ1v) is 3.59. The second-order valence-electron chi connectivity index (χ2n) is 1.96. The van der Waals surface area contributed by atoms with Gasteiger partial charge in [-0.2, -0.15) is 5.26 Å². The van der Waals surface area contributed by atoms with Crippen molar-refractivity contribution in [1.29, 1.82) is 5.26 Å². The first-order chi connectivity index (χ1) is 5.70. The molecule has 66 valence electrons. The zero-order chi connectivity index (χ0) is 9.40. The predicted molar refractivity (Wildman–Crippen MR) is 41.9 cm³/mol. The highest BCUT2D eigenvalue weighted by Crippen LogP contribution is 1.89. The SMILES string of the molecule is CCOC(=O)C=COC(C)C#N. The molecule has 12 heavy (non-hydrogen) atoms. The monoisotopic (exact) mass is 169 g/mol. The van der Waals surface area contributed by atoms with Crippen LogP contribution in [-0.4, -0.2) is 18.7 Å². The summed E-state index contributed by atoms with van der Waals surface area (Å²) in [7, 11) is 0. The van der Waals surface area contributed by atoms with E-state index in [0.29, 0.717) is 6.61 Å². The van der Waals surface area contributed by atoms with E-state index in [0.717, 1.165) is 12.3 Å². The molecular weight excluding hydrogens is 158 g/mol. The zero-order valence-corrected chi connectivity index (χ0v) is 7.11. The van der Waals surface area contributed by atoms with Crippen molar-refractivity contribution in [2.24, 2.45) is 0 Å². The Labute approximate surface area is 71.4 Å². The van der Waals surface area contributed by atoms with Gasteiger partial charge >= 0.3 is 5.97 Å². The van der Waals surface area contributed by atoms with Crippen molar-refractivity contribution < 1.29 is 14.3 Å². The van der Waals surface area contributed by atoms with E-state index < -0.39 is 12.1 Å². The molecule has 0 aliphatic heterocycles. The fraction of sp³-hybridized carbons (Fsp3) is 0.500. The van der Waals surface area contributed by atoms with Crippen LogP contribution < -0.4 is 0 Å². The summed E-state index contributed by atoms with van der Waals surface area (Å²) in [5, 5.41) is 8.28. The molecular formula is C8H11NO3. The van der Waals surface area contributed by atoms with E-state index in [1.54, 1.807) is 13.8 Å².